The molecule has 22 heavy (non-hydrogen) atoms. The predicted octanol–water partition coefficient (Wildman–Crippen LogP) is 3.06. The average molecular weight is 297 g/mol. The number of nitrogens with two attached hydrogens (primary N) is 1. The first-order valence-corrected chi connectivity index (χ1v) is 7.42. The second-order valence-corrected chi connectivity index (χ2v) is 6.42. The zero-order valence-corrected chi connectivity index (χ0v) is 13.3. The van der Waals surface area contributed by atoms with Gasteiger partial charge in [-0.3, -0.25) is 9.78 Å². The van der Waals surface area contributed by atoms with Crippen molar-refractivity contribution in [3.05, 3.63) is 65.5 Å². The summed E-state index contributed by atoms with van der Waals surface area (Å²) in [6, 6.07) is 13.4. The maximum atomic E-state index is 12.6. The molecule has 0 saturated heterocycles. The minimum absolute atomic E-state index is 0.0734. The van der Waals surface area contributed by atoms with E-state index in [0.717, 1.165) is 5.56 Å². The molecule has 1 unspecified atom stereocenters. The number of pyridine rings is 1. The molecular weight excluding hydrogens is 274 g/mol. The molecule has 0 saturated carbocycles. The number of hydrogen-bond donors (Lipinski definition) is 2. The van der Waals surface area contributed by atoms with Crippen LogP contribution in [0.4, 0.5) is 0 Å². The zero-order chi connectivity index (χ0) is 16.2. The van der Waals surface area contributed by atoms with Gasteiger partial charge < -0.3 is 11.1 Å². The fraction of sp³-hybridized carbons (Fsp3) is 0.333. The van der Waals surface area contributed by atoms with Gasteiger partial charge in [0.15, 0.2) is 0 Å². The largest absolute Gasteiger partial charge is 0.345 e. The minimum atomic E-state index is -0.110. The summed E-state index contributed by atoms with van der Waals surface area (Å²) in [4.78, 5) is 16.7. The van der Waals surface area contributed by atoms with Crippen molar-refractivity contribution in [2.24, 2.45) is 11.1 Å². The van der Waals surface area contributed by atoms with Crippen molar-refractivity contribution in [3.63, 3.8) is 0 Å². The summed E-state index contributed by atoms with van der Waals surface area (Å²) in [5.41, 5.74) is 7.88. The molecule has 1 heterocycles. The second-order valence-electron chi connectivity index (χ2n) is 6.42. The first-order valence-electron chi connectivity index (χ1n) is 7.42. The van der Waals surface area contributed by atoms with Crippen LogP contribution in [0.2, 0.25) is 0 Å². The van der Waals surface area contributed by atoms with Crippen LogP contribution >= 0.6 is 0 Å². The summed E-state index contributed by atoms with van der Waals surface area (Å²) in [5, 5.41) is 3.13. The van der Waals surface area contributed by atoms with Gasteiger partial charge >= 0.3 is 0 Å². The average Bonchev–Trinajstić information content (AvgIpc) is 2.52. The summed E-state index contributed by atoms with van der Waals surface area (Å²) in [6.45, 7) is 6.66. The minimum Gasteiger partial charge on any atom is -0.345 e. The summed E-state index contributed by atoms with van der Waals surface area (Å²) in [6.07, 6.45) is 1.62. The Bertz CT molecular complexity index is 632. The number of aromatic nitrogens is 1. The zero-order valence-electron chi connectivity index (χ0n) is 13.3. The van der Waals surface area contributed by atoms with Crippen LogP contribution in [-0.2, 0) is 6.54 Å². The smallest absolute Gasteiger partial charge is 0.251 e. The van der Waals surface area contributed by atoms with E-state index in [2.05, 4.69) is 31.1 Å². The molecule has 2 rings (SSSR count). The maximum absolute atomic E-state index is 12.6. The molecule has 0 bridgehead atoms. The van der Waals surface area contributed by atoms with E-state index in [0.29, 0.717) is 17.8 Å². The number of rotatable bonds is 4. The van der Waals surface area contributed by atoms with E-state index in [9.17, 15) is 4.79 Å². The molecule has 116 valence electrons. The normalized spacial score (nSPS) is 12.7. The van der Waals surface area contributed by atoms with Crippen molar-refractivity contribution < 1.29 is 4.79 Å². The number of benzene rings is 1. The molecule has 3 N–H and O–H groups in total. The Morgan fingerprint density at radius 2 is 1.91 bits per heavy atom. The van der Waals surface area contributed by atoms with Crippen LogP contribution in [0.25, 0.3) is 0 Å². The van der Waals surface area contributed by atoms with Crippen LogP contribution in [0.5, 0.6) is 0 Å². The van der Waals surface area contributed by atoms with Crippen molar-refractivity contribution in [1.29, 1.82) is 0 Å². The first-order chi connectivity index (χ1) is 10.4. The molecule has 2 aromatic rings. The lowest BCUT2D eigenvalue weighted by Gasteiger charge is -2.32. The van der Waals surface area contributed by atoms with Gasteiger partial charge in [0.05, 0.1) is 11.7 Å². The molecular formula is C18H23N3O. The quantitative estimate of drug-likeness (QED) is 0.911. The lowest BCUT2D eigenvalue weighted by Crippen LogP contribution is -2.36. The third-order valence-corrected chi connectivity index (χ3v) is 3.56. The van der Waals surface area contributed by atoms with Crippen LogP contribution < -0.4 is 11.1 Å². The van der Waals surface area contributed by atoms with Gasteiger partial charge in [0.25, 0.3) is 5.91 Å². The van der Waals surface area contributed by atoms with Crippen molar-refractivity contribution >= 4 is 5.91 Å². The van der Waals surface area contributed by atoms with E-state index >= 15 is 0 Å². The Kier molecular flexibility index (Phi) is 4.93. The Hall–Kier alpha value is -2.20. The van der Waals surface area contributed by atoms with Crippen molar-refractivity contribution in [1.82, 2.24) is 10.3 Å². The Morgan fingerprint density at radius 3 is 2.50 bits per heavy atom. The standard InChI is InChI=1S/C18H23N3O/c1-18(2,3)16(13-7-5-4-6-8-13)21-17(22)14-9-10-20-15(11-14)12-19/h4-11,16H,12,19H2,1-3H3,(H,21,22). The highest BCUT2D eigenvalue weighted by molar-refractivity contribution is 5.94. The van der Waals surface area contributed by atoms with E-state index < -0.39 is 0 Å². The highest BCUT2D eigenvalue weighted by Gasteiger charge is 2.28. The lowest BCUT2D eigenvalue weighted by atomic mass is 9.82. The van der Waals surface area contributed by atoms with Gasteiger partial charge in [0.2, 0.25) is 0 Å². The van der Waals surface area contributed by atoms with E-state index in [-0.39, 0.29) is 17.4 Å². The van der Waals surface area contributed by atoms with Crippen LogP contribution in [0, 0.1) is 5.41 Å². The molecule has 0 aliphatic rings. The first kappa shape index (κ1) is 16.2. The Morgan fingerprint density at radius 1 is 1.23 bits per heavy atom. The van der Waals surface area contributed by atoms with Crippen LogP contribution in [-0.4, -0.2) is 10.9 Å². The third-order valence-electron chi connectivity index (χ3n) is 3.56. The maximum Gasteiger partial charge on any atom is 0.251 e. The molecule has 0 fully saturated rings. The van der Waals surface area contributed by atoms with Gasteiger partial charge in [-0.05, 0) is 23.1 Å². The van der Waals surface area contributed by atoms with E-state index in [1.54, 1.807) is 18.3 Å². The molecule has 1 amide bonds. The van der Waals surface area contributed by atoms with E-state index in [1.165, 1.54) is 0 Å². The molecule has 4 nitrogen and oxygen atoms in total. The third kappa shape index (κ3) is 3.92. The fourth-order valence-corrected chi connectivity index (χ4v) is 2.39. The van der Waals surface area contributed by atoms with Gasteiger partial charge in [-0.15, -0.1) is 0 Å². The van der Waals surface area contributed by atoms with E-state index in [4.69, 9.17) is 5.73 Å². The molecule has 1 atom stereocenters. The fourth-order valence-electron chi connectivity index (χ4n) is 2.39. The van der Waals surface area contributed by atoms with Gasteiger partial charge in [-0.2, -0.15) is 0 Å². The van der Waals surface area contributed by atoms with E-state index in [1.807, 2.05) is 30.3 Å². The number of amides is 1. The number of carbonyl (C=O) groups is 1. The molecule has 0 spiro atoms. The SMILES string of the molecule is CC(C)(C)C(NC(=O)c1ccnc(CN)c1)c1ccccc1. The topological polar surface area (TPSA) is 68.0 Å². The number of nitrogens with one attached hydrogen (secondary N) is 1. The number of hydrogen-bond acceptors (Lipinski definition) is 3. The molecule has 0 aliphatic heterocycles. The summed E-state index contributed by atoms with van der Waals surface area (Å²) in [5.74, 6) is -0.110. The Balaban J connectivity index is 2.25. The number of carbonyl (C=O) groups excluding carboxylic acids is 1. The molecule has 1 aromatic heterocycles. The molecule has 0 aliphatic carbocycles. The van der Waals surface area contributed by atoms with Crippen molar-refractivity contribution in [2.75, 3.05) is 0 Å². The van der Waals surface area contributed by atoms with Gasteiger partial charge in [0, 0.05) is 18.3 Å². The summed E-state index contributed by atoms with van der Waals surface area (Å²) in [7, 11) is 0. The Labute approximate surface area is 131 Å². The number of nitrogens with zero attached hydrogens (tertiary/aromatic N) is 1. The molecule has 1 aromatic carbocycles. The van der Waals surface area contributed by atoms with Crippen LogP contribution in [0.1, 0.15) is 48.4 Å². The van der Waals surface area contributed by atoms with Gasteiger partial charge in [0.1, 0.15) is 0 Å². The van der Waals surface area contributed by atoms with Crippen molar-refractivity contribution in [3.8, 4) is 0 Å². The summed E-state index contributed by atoms with van der Waals surface area (Å²) < 4.78 is 0. The predicted molar refractivity (Wildman–Crippen MR) is 88.2 cm³/mol. The highest BCUT2D eigenvalue weighted by Crippen LogP contribution is 2.32. The van der Waals surface area contributed by atoms with Gasteiger partial charge in [-0.1, -0.05) is 51.1 Å². The molecule has 0 radical (unpaired) electrons. The monoisotopic (exact) mass is 297 g/mol. The van der Waals surface area contributed by atoms with Gasteiger partial charge in [-0.25, -0.2) is 0 Å². The highest BCUT2D eigenvalue weighted by atomic mass is 16.1. The lowest BCUT2D eigenvalue weighted by molar-refractivity contribution is 0.0901. The molecule has 4 heteroatoms. The summed E-state index contributed by atoms with van der Waals surface area (Å²) >= 11 is 0. The van der Waals surface area contributed by atoms with Crippen LogP contribution in [0.3, 0.4) is 0 Å². The van der Waals surface area contributed by atoms with Crippen LogP contribution in [0.15, 0.2) is 48.7 Å². The second kappa shape index (κ2) is 6.71. The van der Waals surface area contributed by atoms with Crippen molar-refractivity contribution in [2.45, 2.75) is 33.4 Å².